The number of ether oxygens (including phenoxy) is 1. The van der Waals surface area contributed by atoms with E-state index < -0.39 is 0 Å². The van der Waals surface area contributed by atoms with E-state index in [1.807, 2.05) is 12.1 Å². The lowest BCUT2D eigenvalue weighted by Crippen LogP contribution is -2.00. The summed E-state index contributed by atoms with van der Waals surface area (Å²) < 4.78 is 5.90. The molecule has 0 aliphatic carbocycles. The number of benzene rings is 1. The van der Waals surface area contributed by atoms with Crippen molar-refractivity contribution in [2.75, 3.05) is 11.9 Å². The first-order valence-corrected chi connectivity index (χ1v) is 9.10. The van der Waals surface area contributed by atoms with Crippen molar-refractivity contribution in [3.63, 3.8) is 0 Å². The molecule has 0 saturated carbocycles. The molecule has 0 N–H and O–H groups in total. The Bertz CT molecular complexity index is 370. The standard InChI is InChI=1S/C17H26BrClO/c1-14-12-16(19)13-15(2)17(14)20-11-9-7-5-3-4-6-8-10-18/h12-13H,3-11H2,1-2H3. The summed E-state index contributed by atoms with van der Waals surface area (Å²) in [5, 5.41) is 1.93. The van der Waals surface area contributed by atoms with Crippen LogP contribution in [0.4, 0.5) is 0 Å². The van der Waals surface area contributed by atoms with E-state index in [1.165, 1.54) is 38.5 Å². The third-order valence-corrected chi connectivity index (χ3v) is 4.23. The largest absolute Gasteiger partial charge is 0.493 e. The van der Waals surface area contributed by atoms with E-state index in [0.717, 1.165) is 40.3 Å². The molecule has 0 aliphatic heterocycles. The van der Waals surface area contributed by atoms with Crippen LogP contribution in [-0.2, 0) is 0 Å². The van der Waals surface area contributed by atoms with Crippen molar-refractivity contribution < 1.29 is 4.74 Å². The van der Waals surface area contributed by atoms with E-state index in [0.29, 0.717) is 0 Å². The van der Waals surface area contributed by atoms with Crippen molar-refractivity contribution in [2.24, 2.45) is 0 Å². The highest BCUT2D eigenvalue weighted by Crippen LogP contribution is 2.27. The molecule has 1 aromatic carbocycles. The maximum absolute atomic E-state index is 6.02. The highest BCUT2D eigenvalue weighted by Gasteiger charge is 2.05. The van der Waals surface area contributed by atoms with E-state index in [-0.39, 0.29) is 0 Å². The monoisotopic (exact) mass is 360 g/mol. The Labute approximate surface area is 137 Å². The maximum Gasteiger partial charge on any atom is 0.125 e. The number of aryl methyl sites for hydroxylation is 2. The number of hydrogen-bond donors (Lipinski definition) is 0. The summed E-state index contributed by atoms with van der Waals surface area (Å²) in [6.07, 6.45) is 9.10. The van der Waals surface area contributed by atoms with E-state index in [4.69, 9.17) is 16.3 Å². The summed E-state index contributed by atoms with van der Waals surface area (Å²) in [7, 11) is 0. The third-order valence-electron chi connectivity index (χ3n) is 3.45. The Kier molecular flexibility index (Phi) is 9.37. The van der Waals surface area contributed by atoms with Crippen molar-refractivity contribution in [2.45, 2.75) is 58.8 Å². The normalized spacial score (nSPS) is 10.8. The molecule has 0 aromatic heterocycles. The molecule has 0 unspecified atom stereocenters. The van der Waals surface area contributed by atoms with E-state index >= 15 is 0 Å². The first-order chi connectivity index (χ1) is 9.65. The van der Waals surface area contributed by atoms with Crippen molar-refractivity contribution in [1.29, 1.82) is 0 Å². The second-order valence-corrected chi connectivity index (χ2v) is 6.61. The molecule has 0 amide bonds. The van der Waals surface area contributed by atoms with Gasteiger partial charge in [-0.25, -0.2) is 0 Å². The molecular weight excluding hydrogens is 336 g/mol. The Balaban J connectivity index is 2.13. The summed E-state index contributed by atoms with van der Waals surface area (Å²) in [4.78, 5) is 0. The summed E-state index contributed by atoms with van der Waals surface area (Å²) in [5.41, 5.74) is 2.26. The van der Waals surface area contributed by atoms with Gasteiger partial charge < -0.3 is 4.74 Å². The lowest BCUT2D eigenvalue weighted by molar-refractivity contribution is 0.300. The van der Waals surface area contributed by atoms with Crippen LogP contribution < -0.4 is 4.74 Å². The van der Waals surface area contributed by atoms with Gasteiger partial charge in [-0.2, -0.15) is 0 Å². The van der Waals surface area contributed by atoms with E-state index in [9.17, 15) is 0 Å². The minimum atomic E-state index is 0.788. The third kappa shape index (κ3) is 6.99. The highest BCUT2D eigenvalue weighted by atomic mass is 79.9. The minimum Gasteiger partial charge on any atom is -0.493 e. The quantitative estimate of drug-likeness (QED) is 0.343. The highest BCUT2D eigenvalue weighted by molar-refractivity contribution is 9.09. The van der Waals surface area contributed by atoms with Crippen LogP contribution in [0.1, 0.15) is 56.1 Å². The Hall–Kier alpha value is -0.210. The van der Waals surface area contributed by atoms with Crippen LogP contribution >= 0.6 is 27.5 Å². The molecule has 1 aromatic rings. The molecule has 20 heavy (non-hydrogen) atoms. The number of rotatable bonds is 10. The van der Waals surface area contributed by atoms with Gasteiger partial charge in [-0.3, -0.25) is 0 Å². The summed E-state index contributed by atoms with van der Waals surface area (Å²) >= 11 is 9.48. The van der Waals surface area contributed by atoms with E-state index in [1.54, 1.807) is 0 Å². The molecule has 1 rings (SSSR count). The fourth-order valence-electron chi connectivity index (χ4n) is 2.38. The maximum atomic E-state index is 6.02. The molecule has 0 radical (unpaired) electrons. The summed E-state index contributed by atoms with van der Waals surface area (Å²) in [6, 6.07) is 3.93. The number of unbranched alkanes of at least 4 members (excludes halogenated alkanes) is 6. The molecule has 0 atom stereocenters. The average molecular weight is 362 g/mol. The van der Waals surface area contributed by atoms with Gasteiger partial charge in [0, 0.05) is 10.4 Å². The zero-order valence-corrected chi connectivity index (χ0v) is 15.0. The molecule has 0 saturated heterocycles. The second kappa shape index (κ2) is 10.5. The van der Waals surface area contributed by atoms with E-state index in [2.05, 4.69) is 29.8 Å². The number of alkyl halides is 1. The number of halogens is 2. The molecule has 0 fully saturated rings. The molecule has 0 bridgehead atoms. The molecule has 3 heteroatoms. The molecule has 0 spiro atoms. The summed E-state index contributed by atoms with van der Waals surface area (Å²) in [6.45, 7) is 4.92. The van der Waals surface area contributed by atoms with Gasteiger partial charge in [0.1, 0.15) is 5.75 Å². The molecular formula is C17H26BrClO. The van der Waals surface area contributed by atoms with Gasteiger partial charge in [-0.15, -0.1) is 0 Å². The molecule has 0 heterocycles. The predicted molar refractivity (Wildman–Crippen MR) is 92.5 cm³/mol. The van der Waals surface area contributed by atoms with Crippen LogP contribution in [0, 0.1) is 13.8 Å². The molecule has 1 nitrogen and oxygen atoms in total. The smallest absolute Gasteiger partial charge is 0.125 e. The Morgan fingerprint density at radius 3 is 1.95 bits per heavy atom. The SMILES string of the molecule is Cc1cc(Cl)cc(C)c1OCCCCCCCCCBr. The minimum absolute atomic E-state index is 0.788. The van der Waals surface area contributed by atoms with Crippen molar-refractivity contribution in [3.05, 3.63) is 28.3 Å². The van der Waals surface area contributed by atoms with Gasteiger partial charge in [-0.05, 0) is 49.9 Å². The zero-order valence-electron chi connectivity index (χ0n) is 12.7. The van der Waals surface area contributed by atoms with Crippen LogP contribution in [0.25, 0.3) is 0 Å². The van der Waals surface area contributed by atoms with Crippen LogP contribution in [0.15, 0.2) is 12.1 Å². The van der Waals surface area contributed by atoms with Crippen LogP contribution in [0.5, 0.6) is 5.75 Å². The lowest BCUT2D eigenvalue weighted by atomic mass is 10.1. The van der Waals surface area contributed by atoms with Gasteiger partial charge >= 0.3 is 0 Å². The van der Waals surface area contributed by atoms with Gasteiger partial charge in [-0.1, -0.05) is 59.6 Å². The topological polar surface area (TPSA) is 9.23 Å². The molecule has 0 aliphatic rings. The first-order valence-electron chi connectivity index (χ1n) is 7.60. The predicted octanol–water partition coefficient (Wildman–Crippen LogP) is 6.46. The zero-order chi connectivity index (χ0) is 14.8. The van der Waals surface area contributed by atoms with Crippen molar-refractivity contribution in [1.82, 2.24) is 0 Å². The second-order valence-electron chi connectivity index (χ2n) is 5.38. The Morgan fingerprint density at radius 1 is 0.900 bits per heavy atom. The summed E-state index contributed by atoms with van der Waals surface area (Å²) in [5.74, 6) is 1.01. The van der Waals surface area contributed by atoms with Gasteiger partial charge in [0.05, 0.1) is 6.61 Å². The Morgan fingerprint density at radius 2 is 1.40 bits per heavy atom. The van der Waals surface area contributed by atoms with Gasteiger partial charge in [0.2, 0.25) is 0 Å². The number of hydrogen-bond acceptors (Lipinski definition) is 1. The molecule has 114 valence electrons. The lowest BCUT2D eigenvalue weighted by Gasteiger charge is -2.12. The van der Waals surface area contributed by atoms with Crippen LogP contribution in [-0.4, -0.2) is 11.9 Å². The van der Waals surface area contributed by atoms with Crippen LogP contribution in [0.3, 0.4) is 0 Å². The van der Waals surface area contributed by atoms with Crippen LogP contribution in [0.2, 0.25) is 5.02 Å². The van der Waals surface area contributed by atoms with Gasteiger partial charge in [0.15, 0.2) is 0 Å². The average Bonchev–Trinajstić information content (AvgIpc) is 2.39. The fraction of sp³-hybridized carbons (Fsp3) is 0.647. The van der Waals surface area contributed by atoms with Crippen molar-refractivity contribution >= 4 is 27.5 Å². The van der Waals surface area contributed by atoms with Gasteiger partial charge in [0.25, 0.3) is 0 Å². The fourth-order valence-corrected chi connectivity index (χ4v) is 3.10. The first kappa shape index (κ1) is 17.8. The van der Waals surface area contributed by atoms with Crippen molar-refractivity contribution in [3.8, 4) is 5.75 Å².